The molecule has 0 N–H and O–H groups in total. The Labute approximate surface area is 220 Å². The molecule has 0 fully saturated rings. The summed E-state index contributed by atoms with van der Waals surface area (Å²) in [6.45, 7) is 7.55. The Morgan fingerprint density at radius 3 is 2.63 bits per heavy atom. The van der Waals surface area contributed by atoms with Crippen molar-refractivity contribution in [2.45, 2.75) is 46.6 Å². The van der Waals surface area contributed by atoms with Crippen LogP contribution in [0.1, 0.15) is 45.5 Å². The van der Waals surface area contributed by atoms with Crippen LogP contribution < -0.4 is 15.0 Å². The number of rotatable bonds is 10. The number of aromatic nitrogens is 2. The lowest BCUT2D eigenvalue weighted by Gasteiger charge is -2.15. The summed E-state index contributed by atoms with van der Waals surface area (Å²) in [6.07, 6.45) is 2.75. The van der Waals surface area contributed by atoms with Gasteiger partial charge in [-0.2, -0.15) is 9.78 Å². The third kappa shape index (κ3) is 6.91. The molecule has 1 aromatic heterocycles. The quantitative estimate of drug-likeness (QED) is 0.223. The van der Waals surface area contributed by atoms with Crippen LogP contribution in [0.4, 0.5) is 0 Å². The number of nitrogens with zero attached hydrogens (tertiary/aromatic N) is 3. The number of halogens is 2. The molecule has 0 amide bonds. The Morgan fingerprint density at radius 1 is 1.17 bits per heavy atom. The number of carbonyl (C=O) groups is 1. The molecule has 0 aliphatic carbocycles. The summed E-state index contributed by atoms with van der Waals surface area (Å²) >= 11 is 6.90. The Balaban J connectivity index is 1.97. The maximum absolute atomic E-state index is 13.2. The summed E-state index contributed by atoms with van der Waals surface area (Å²) in [5, 5.41) is 4.94. The summed E-state index contributed by atoms with van der Waals surface area (Å²) < 4.78 is 19.2. The minimum atomic E-state index is -0.474. The van der Waals surface area contributed by atoms with Gasteiger partial charge in [-0.1, -0.05) is 22.9 Å². The zero-order chi connectivity index (χ0) is 25.5. The van der Waals surface area contributed by atoms with Crippen LogP contribution in [0, 0.1) is 0 Å². The van der Waals surface area contributed by atoms with Gasteiger partial charge in [-0.05, 0) is 79.0 Å². The highest BCUT2D eigenvalue weighted by Crippen LogP contribution is 2.36. The summed E-state index contributed by atoms with van der Waals surface area (Å²) in [4.78, 5) is 29.8. The number of ether oxygens (including phenoxy) is 3. The van der Waals surface area contributed by atoms with Gasteiger partial charge in [0.2, 0.25) is 0 Å². The third-order valence-corrected chi connectivity index (χ3v) is 5.79. The largest absolute Gasteiger partial charge is 0.490 e. The Bertz CT molecular complexity index is 1300. The standard InChI is InChI=1S/C25H27Br2N3O5/c1-5-7-22-29-20-9-8-17(26)12-18(20)25(32)30(22)28-13-16-10-19(27)24(21(11-16)33-6-2)34-14-23(31)35-15(3)4/h8-13,15H,5-7,14H2,1-4H3. The molecular weight excluding hydrogens is 582 g/mol. The van der Waals surface area contributed by atoms with Crippen LogP contribution in [-0.4, -0.2) is 41.2 Å². The van der Waals surface area contributed by atoms with Crippen LogP contribution in [-0.2, 0) is 16.0 Å². The van der Waals surface area contributed by atoms with Crippen LogP contribution in [0.2, 0.25) is 0 Å². The van der Waals surface area contributed by atoms with Gasteiger partial charge in [-0.3, -0.25) is 4.79 Å². The van der Waals surface area contributed by atoms with Crippen molar-refractivity contribution in [3.8, 4) is 11.5 Å². The first kappa shape index (κ1) is 26.9. The van der Waals surface area contributed by atoms with Crippen LogP contribution >= 0.6 is 31.9 Å². The Hall–Kier alpha value is -2.72. The third-order valence-electron chi connectivity index (χ3n) is 4.70. The van der Waals surface area contributed by atoms with E-state index in [4.69, 9.17) is 14.2 Å². The van der Waals surface area contributed by atoms with Crippen molar-refractivity contribution in [3.63, 3.8) is 0 Å². The first-order valence-electron chi connectivity index (χ1n) is 11.3. The summed E-state index contributed by atoms with van der Waals surface area (Å²) in [5.41, 5.74) is 1.05. The van der Waals surface area contributed by atoms with E-state index in [1.807, 2.05) is 26.0 Å². The SMILES string of the molecule is CCCc1nc2ccc(Br)cc2c(=O)n1N=Cc1cc(Br)c(OCC(=O)OC(C)C)c(OCC)c1. The molecule has 0 radical (unpaired) electrons. The number of benzene rings is 2. The van der Waals surface area contributed by atoms with Crippen molar-refractivity contribution < 1.29 is 19.0 Å². The van der Waals surface area contributed by atoms with Crippen molar-refractivity contribution in [2.75, 3.05) is 13.2 Å². The molecule has 0 bridgehead atoms. The van der Waals surface area contributed by atoms with E-state index in [2.05, 4.69) is 41.9 Å². The van der Waals surface area contributed by atoms with Gasteiger partial charge in [0.1, 0.15) is 5.82 Å². The van der Waals surface area contributed by atoms with E-state index in [-0.39, 0.29) is 18.3 Å². The second-order valence-electron chi connectivity index (χ2n) is 7.89. The van der Waals surface area contributed by atoms with E-state index >= 15 is 0 Å². The van der Waals surface area contributed by atoms with Gasteiger partial charge < -0.3 is 14.2 Å². The molecule has 0 saturated heterocycles. The van der Waals surface area contributed by atoms with Crippen LogP contribution in [0.15, 0.2) is 49.2 Å². The zero-order valence-electron chi connectivity index (χ0n) is 20.0. The molecule has 2 aromatic carbocycles. The molecule has 0 unspecified atom stereocenters. The van der Waals surface area contributed by atoms with Crippen molar-refractivity contribution in [3.05, 3.63) is 61.0 Å². The average Bonchev–Trinajstić information content (AvgIpc) is 2.79. The van der Waals surface area contributed by atoms with E-state index in [1.54, 1.807) is 38.3 Å². The first-order valence-corrected chi connectivity index (χ1v) is 12.9. The molecule has 0 spiro atoms. The van der Waals surface area contributed by atoms with Gasteiger partial charge in [0.25, 0.3) is 5.56 Å². The highest BCUT2D eigenvalue weighted by atomic mass is 79.9. The van der Waals surface area contributed by atoms with E-state index in [1.165, 1.54) is 4.68 Å². The topological polar surface area (TPSA) is 92.0 Å². The number of fused-ring (bicyclic) bond motifs is 1. The summed E-state index contributed by atoms with van der Waals surface area (Å²) in [7, 11) is 0. The maximum atomic E-state index is 13.2. The summed E-state index contributed by atoms with van der Waals surface area (Å²) in [6, 6.07) is 8.92. The van der Waals surface area contributed by atoms with Crippen LogP contribution in [0.3, 0.4) is 0 Å². The number of aryl methyl sites for hydroxylation is 1. The molecule has 186 valence electrons. The predicted octanol–water partition coefficient (Wildman–Crippen LogP) is 5.49. The summed E-state index contributed by atoms with van der Waals surface area (Å²) in [5.74, 6) is 0.919. The highest BCUT2D eigenvalue weighted by molar-refractivity contribution is 9.10. The fourth-order valence-corrected chi connectivity index (χ4v) is 4.25. The molecule has 35 heavy (non-hydrogen) atoms. The fraction of sp³-hybridized carbons (Fsp3) is 0.360. The van der Waals surface area contributed by atoms with Crippen LogP contribution in [0.5, 0.6) is 11.5 Å². The fourth-order valence-electron chi connectivity index (χ4n) is 3.32. The molecule has 0 atom stereocenters. The van der Waals surface area contributed by atoms with Crippen molar-refractivity contribution >= 4 is 54.9 Å². The minimum absolute atomic E-state index is 0.230. The molecular formula is C25H27Br2N3O5. The number of esters is 1. The van der Waals surface area contributed by atoms with Gasteiger partial charge in [0.15, 0.2) is 18.1 Å². The minimum Gasteiger partial charge on any atom is -0.490 e. The van der Waals surface area contributed by atoms with E-state index in [0.29, 0.717) is 51.3 Å². The van der Waals surface area contributed by atoms with Crippen molar-refractivity contribution in [1.29, 1.82) is 0 Å². The molecule has 1 heterocycles. The number of hydrogen-bond acceptors (Lipinski definition) is 7. The van der Waals surface area contributed by atoms with Crippen molar-refractivity contribution in [1.82, 2.24) is 9.66 Å². The molecule has 0 aliphatic rings. The molecule has 0 aliphatic heterocycles. The van der Waals surface area contributed by atoms with Gasteiger partial charge in [0.05, 0.1) is 34.3 Å². The van der Waals surface area contributed by atoms with E-state index in [0.717, 1.165) is 10.9 Å². The lowest BCUT2D eigenvalue weighted by atomic mass is 10.2. The second-order valence-corrected chi connectivity index (χ2v) is 9.66. The average molecular weight is 609 g/mol. The highest BCUT2D eigenvalue weighted by Gasteiger charge is 2.16. The molecule has 0 saturated carbocycles. The maximum Gasteiger partial charge on any atom is 0.344 e. The Kier molecular flexibility index (Phi) is 9.45. The first-order chi connectivity index (χ1) is 16.7. The van der Waals surface area contributed by atoms with E-state index < -0.39 is 5.97 Å². The predicted molar refractivity (Wildman–Crippen MR) is 143 cm³/mol. The van der Waals surface area contributed by atoms with Gasteiger partial charge >= 0.3 is 5.97 Å². The van der Waals surface area contributed by atoms with E-state index in [9.17, 15) is 9.59 Å². The molecule has 8 nitrogen and oxygen atoms in total. The molecule has 10 heteroatoms. The monoisotopic (exact) mass is 607 g/mol. The number of carbonyl (C=O) groups excluding carboxylic acids is 1. The van der Waals surface area contributed by atoms with Gasteiger partial charge in [-0.15, -0.1) is 0 Å². The normalized spacial score (nSPS) is 11.4. The Morgan fingerprint density at radius 2 is 1.94 bits per heavy atom. The molecule has 3 rings (SSSR count). The van der Waals surface area contributed by atoms with Crippen LogP contribution in [0.25, 0.3) is 10.9 Å². The smallest absolute Gasteiger partial charge is 0.344 e. The van der Waals surface area contributed by atoms with Gasteiger partial charge in [-0.25, -0.2) is 9.78 Å². The molecule has 3 aromatic rings. The number of hydrogen-bond donors (Lipinski definition) is 0. The lowest BCUT2D eigenvalue weighted by molar-refractivity contribution is -0.149. The van der Waals surface area contributed by atoms with Crippen molar-refractivity contribution in [2.24, 2.45) is 5.10 Å². The second kappa shape index (κ2) is 12.3. The zero-order valence-corrected chi connectivity index (χ0v) is 23.2. The lowest BCUT2D eigenvalue weighted by Crippen LogP contribution is -2.22. The van der Waals surface area contributed by atoms with Gasteiger partial charge in [0, 0.05) is 10.9 Å².